The van der Waals surface area contributed by atoms with Gasteiger partial charge in [-0.15, -0.1) is 11.3 Å². The molecule has 0 aliphatic carbocycles. The molecule has 1 aliphatic rings. The van der Waals surface area contributed by atoms with Gasteiger partial charge in [0.05, 0.1) is 22.8 Å². The largest absolute Gasteiger partial charge is 0.367 e. The Bertz CT molecular complexity index is 1070. The molecule has 0 unspecified atom stereocenters. The number of anilines is 2. The lowest BCUT2D eigenvalue weighted by molar-refractivity contribution is -0.113. The minimum absolute atomic E-state index is 0.0638. The average molecular weight is 552 g/mol. The van der Waals surface area contributed by atoms with Crippen molar-refractivity contribution in [1.82, 2.24) is 9.88 Å². The highest BCUT2D eigenvalue weighted by Gasteiger charge is 2.19. The number of thioether (sulfide) groups is 1. The number of hydrogen-bond acceptors (Lipinski definition) is 6. The molecular formula is C23H24BrClN4OS2. The Hall–Kier alpha value is -1.58. The highest BCUT2D eigenvalue weighted by atomic mass is 79.9. The van der Waals surface area contributed by atoms with Gasteiger partial charge in [0.25, 0.3) is 0 Å². The van der Waals surface area contributed by atoms with Crippen LogP contribution in [0.25, 0.3) is 11.3 Å². The van der Waals surface area contributed by atoms with E-state index in [-0.39, 0.29) is 5.91 Å². The molecule has 4 rings (SSSR count). The Balaban J connectivity index is 1.37. The topological polar surface area (TPSA) is 48.5 Å². The molecule has 5 nitrogen and oxygen atoms in total. The summed E-state index contributed by atoms with van der Waals surface area (Å²) in [6.45, 7) is 7.16. The van der Waals surface area contributed by atoms with Crippen molar-refractivity contribution in [3.63, 3.8) is 0 Å². The Kier molecular flexibility index (Phi) is 8.12. The van der Waals surface area contributed by atoms with Gasteiger partial charge in [-0.05, 0) is 36.9 Å². The highest BCUT2D eigenvalue weighted by molar-refractivity contribution is 9.10. The Morgan fingerprint density at radius 3 is 2.66 bits per heavy atom. The summed E-state index contributed by atoms with van der Waals surface area (Å²) in [6.07, 6.45) is 0. The van der Waals surface area contributed by atoms with Crippen LogP contribution >= 0.6 is 50.6 Å². The van der Waals surface area contributed by atoms with E-state index in [4.69, 9.17) is 11.6 Å². The summed E-state index contributed by atoms with van der Waals surface area (Å²) in [5.74, 6) is 0.231. The molecule has 168 valence electrons. The first-order chi connectivity index (χ1) is 15.5. The van der Waals surface area contributed by atoms with Crippen molar-refractivity contribution in [1.29, 1.82) is 0 Å². The zero-order chi connectivity index (χ0) is 22.5. The predicted molar refractivity (Wildman–Crippen MR) is 140 cm³/mol. The molecule has 0 atom stereocenters. The molecule has 32 heavy (non-hydrogen) atoms. The van der Waals surface area contributed by atoms with E-state index in [0.717, 1.165) is 64.2 Å². The quantitative estimate of drug-likeness (QED) is 0.360. The molecule has 1 fully saturated rings. The minimum Gasteiger partial charge on any atom is -0.367 e. The van der Waals surface area contributed by atoms with E-state index in [1.807, 2.05) is 47.8 Å². The van der Waals surface area contributed by atoms with Gasteiger partial charge >= 0.3 is 0 Å². The zero-order valence-electron chi connectivity index (χ0n) is 17.7. The Labute approximate surface area is 210 Å². The lowest BCUT2D eigenvalue weighted by Gasteiger charge is -2.36. The summed E-state index contributed by atoms with van der Waals surface area (Å²) in [6, 6.07) is 13.8. The van der Waals surface area contributed by atoms with E-state index in [1.54, 1.807) is 11.3 Å². The first kappa shape index (κ1) is 23.6. The summed E-state index contributed by atoms with van der Waals surface area (Å²) >= 11 is 12.7. The van der Waals surface area contributed by atoms with E-state index >= 15 is 0 Å². The monoisotopic (exact) mass is 550 g/mol. The molecule has 1 aromatic heterocycles. The number of piperazine rings is 1. The zero-order valence-corrected chi connectivity index (χ0v) is 21.7. The minimum atomic E-state index is -0.0638. The van der Waals surface area contributed by atoms with E-state index < -0.39 is 0 Å². The summed E-state index contributed by atoms with van der Waals surface area (Å²) < 4.78 is 1.91. The third kappa shape index (κ3) is 6.05. The first-order valence-electron chi connectivity index (χ1n) is 10.4. The number of carbonyl (C=O) groups is 1. The first-order valence-corrected chi connectivity index (χ1v) is 13.5. The van der Waals surface area contributed by atoms with Crippen molar-refractivity contribution >= 4 is 67.9 Å². The number of thiazole rings is 1. The third-order valence-electron chi connectivity index (χ3n) is 5.34. The van der Waals surface area contributed by atoms with Crippen LogP contribution in [-0.2, 0) is 4.79 Å². The highest BCUT2D eigenvalue weighted by Crippen LogP contribution is 2.32. The second-order valence-corrected chi connectivity index (χ2v) is 10.9. The molecule has 0 saturated carbocycles. The number of nitrogens with one attached hydrogen (secondary N) is 1. The van der Waals surface area contributed by atoms with Gasteiger partial charge in [-0.2, -0.15) is 0 Å². The maximum atomic E-state index is 12.7. The summed E-state index contributed by atoms with van der Waals surface area (Å²) in [5, 5.41) is 5.70. The molecule has 2 aromatic carbocycles. The van der Waals surface area contributed by atoms with Gasteiger partial charge in [0.15, 0.2) is 4.34 Å². The second kappa shape index (κ2) is 11.0. The van der Waals surface area contributed by atoms with Crippen molar-refractivity contribution in [3.05, 3.63) is 57.3 Å². The van der Waals surface area contributed by atoms with Crippen molar-refractivity contribution in [2.24, 2.45) is 0 Å². The van der Waals surface area contributed by atoms with Crippen LogP contribution in [0, 0.1) is 0 Å². The normalized spacial score (nSPS) is 14.5. The maximum Gasteiger partial charge on any atom is 0.234 e. The van der Waals surface area contributed by atoms with Crippen LogP contribution in [-0.4, -0.2) is 54.3 Å². The smallest absolute Gasteiger partial charge is 0.234 e. The Morgan fingerprint density at radius 1 is 1.19 bits per heavy atom. The van der Waals surface area contributed by atoms with Crippen LogP contribution in [0.5, 0.6) is 0 Å². The van der Waals surface area contributed by atoms with Gasteiger partial charge in [-0.3, -0.25) is 4.79 Å². The molecule has 1 saturated heterocycles. The van der Waals surface area contributed by atoms with Crippen molar-refractivity contribution in [2.45, 2.75) is 11.3 Å². The van der Waals surface area contributed by atoms with E-state index in [1.165, 1.54) is 11.8 Å². The van der Waals surface area contributed by atoms with Crippen molar-refractivity contribution in [3.8, 4) is 11.3 Å². The standard InChI is InChI=1S/C23H24BrClN4OS2/c1-2-28-9-11-29(12-10-28)21-8-7-18(25)13-19(21)26-22(30)15-32-23-27-20(14-31-23)16-3-5-17(24)6-4-16/h3-8,13-14H,2,9-12,15H2,1H3,(H,26,30). The number of carbonyl (C=O) groups excluding carboxylic acids is 1. The van der Waals surface area contributed by atoms with Crippen LogP contribution in [0.3, 0.4) is 0 Å². The fourth-order valence-electron chi connectivity index (χ4n) is 3.58. The van der Waals surface area contributed by atoms with Crippen LogP contribution in [0.1, 0.15) is 6.92 Å². The molecule has 0 bridgehead atoms. The number of aromatic nitrogens is 1. The molecular weight excluding hydrogens is 528 g/mol. The van der Waals surface area contributed by atoms with Crippen LogP contribution < -0.4 is 10.2 Å². The second-order valence-electron chi connectivity index (χ2n) is 7.43. The van der Waals surface area contributed by atoms with Gasteiger partial charge in [0, 0.05) is 46.6 Å². The SMILES string of the molecule is CCN1CCN(c2ccc(Cl)cc2NC(=O)CSc2nc(-c3ccc(Br)cc3)cs2)CC1. The molecule has 1 N–H and O–H groups in total. The number of likely N-dealkylation sites (N-methyl/N-ethyl adjacent to an activating group) is 1. The molecule has 3 aromatic rings. The number of rotatable bonds is 7. The fraction of sp³-hybridized carbons (Fsp3) is 0.304. The summed E-state index contributed by atoms with van der Waals surface area (Å²) in [4.78, 5) is 22.1. The van der Waals surface area contributed by atoms with Crippen LogP contribution in [0.2, 0.25) is 5.02 Å². The van der Waals surface area contributed by atoms with Crippen LogP contribution in [0.15, 0.2) is 56.7 Å². The van der Waals surface area contributed by atoms with Crippen molar-refractivity contribution < 1.29 is 4.79 Å². The van der Waals surface area contributed by atoms with E-state index in [9.17, 15) is 4.79 Å². The number of benzene rings is 2. The molecule has 0 spiro atoms. The lowest BCUT2D eigenvalue weighted by Crippen LogP contribution is -2.46. The number of nitrogens with zero attached hydrogens (tertiary/aromatic N) is 3. The van der Waals surface area contributed by atoms with Gasteiger partial charge in [-0.25, -0.2) is 4.98 Å². The third-order valence-corrected chi connectivity index (χ3v) is 8.13. The van der Waals surface area contributed by atoms with Crippen molar-refractivity contribution in [2.75, 3.05) is 48.7 Å². The number of halogens is 2. The molecule has 9 heteroatoms. The van der Waals surface area contributed by atoms with Crippen LogP contribution in [0.4, 0.5) is 11.4 Å². The van der Waals surface area contributed by atoms with Gasteiger partial charge in [0.2, 0.25) is 5.91 Å². The van der Waals surface area contributed by atoms with Gasteiger partial charge < -0.3 is 15.1 Å². The number of amides is 1. The molecule has 0 radical (unpaired) electrons. The maximum absolute atomic E-state index is 12.7. The van der Waals surface area contributed by atoms with Gasteiger partial charge in [-0.1, -0.05) is 58.3 Å². The van der Waals surface area contributed by atoms with E-state index in [0.29, 0.717) is 10.8 Å². The Morgan fingerprint density at radius 2 is 1.94 bits per heavy atom. The molecule has 2 heterocycles. The molecule has 1 aliphatic heterocycles. The summed E-state index contributed by atoms with van der Waals surface area (Å²) in [5.41, 5.74) is 3.78. The lowest BCUT2D eigenvalue weighted by atomic mass is 10.2. The number of hydrogen-bond donors (Lipinski definition) is 1. The fourth-order valence-corrected chi connectivity index (χ4v) is 5.65. The molecule has 1 amide bonds. The van der Waals surface area contributed by atoms with E-state index in [2.05, 4.69) is 43.0 Å². The summed E-state index contributed by atoms with van der Waals surface area (Å²) in [7, 11) is 0. The average Bonchev–Trinajstić information content (AvgIpc) is 3.28. The van der Waals surface area contributed by atoms with Gasteiger partial charge in [0.1, 0.15) is 0 Å². The predicted octanol–water partition coefficient (Wildman–Crippen LogP) is 6.10.